The van der Waals surface area contributed by atoms with Gasteiger partial charge in [-0.3, -0.25) is 10.0 Å². The number of carbonyl (C=O) groups excluding carboxylic acids is 1. The fourth-order valence-corrected chi connectivity index (χ4v) is 2.29. The van der Waals surface area contributed by atoms with Crippen molar-refractivity contribution in [2.75, 3.05) is 0 Å². The molecule has 3 nitrogen and oxygen atoms in total. The van der Waals surface area contributed by atoms with Crippen molar-refractivity contribution in [2.24, 2.45) is 5.92 Å². The summed E-state index contributed by atoms with van der Waals surface area (Å²) in [6.45, 7) is 0. The second-order valence-electron chi connectivity index (χ2n) is 3.87. The lowest BCUT2D eigenvalue weighted by Gasteiger charge is -2.23. The van der Waals surface area contributed by atoms with Gasteiger partial charge in [0, 0.05) is 10.8 Å². The molecule has 2 N–H and O–H groups in total. The number of aryl methyl sites for hydroxylation is 1. The van der Waals surface area contributed by atoms with E-state index < -0.39 is 0 Å². The van der Waals surface area contributed by atoms with E-state index in [2.05, 4.69) is 12.6 Å². The fraction of sp³-hybridized carbons (Fsp3) is 0.364. The summed E-state index contributed by atoms with van der Waals surface area (Å²) in [6.07, 6.45) is 2.37. The van der Waals surface area contributed by atoms with Gasteiger partial charge in [0.15, 0.2) is 0 Å². The molecular formula is C11H13NO2S. The first kappa shape index (κ1) is 10.5. The Morgan fingerprint density at radius 3 is 3.00 bits per heavy atom. The van der Waals surface area contributed by atoms with E-state index in [1.54, 1.807) is 5.48 Å². The molecule has 1 aromatic rings. The van der Waals surface area contributed by atoms with Crippen LogP contribution in [-0.2, 0) is 17.6 Å². The SMILES string of the molecule is O=C(NO)C1CCc2cc(S)ccc2C1. The first-order chi connectivity index (χ1) is 7.20. The molecule has 80 valence electrons. The van der Waals surface area contributed by atoms with E-state index in [9.17, 15) is 4.79 Å². The molecular weight excluding hydrogens is 210 g/mol. The summed E-state index contributed by atoms with van der Waals surface area (Å²) in [6, 6.07) is 5.99. The van der Waals surface area contributed by atoms with E-state index in [0.29, 0.717) is 6.42 Å². The average molecular weight is 223 g/mol. The summed E-state index contributed by atoms with van der Waals surface area (Å²) in [4.78, 5) is 12.2. The number of amides is 1. The normalized spacial score (nSPS) is 19.5. The summed E-state index contributed by atoms with van der Waals surface area (Å²) in [5, 5.41) is 8.57. The Morgan fingerprint density at radius 2 is 2.27 bits per heavy atom. The average Bonchev–Trinajstić information content (AvgIpc) is 2.27. The Kier molecular flexibility index (Phi) is 2.98. The van der Waals surface area contributed by atoms with Crippen LogP contribution in [0.1, 0.15) is 17.5 Å². The minimum absolute atomic E-state index is 0.103. The van der Waals surface area contributed by atoms with Crippen LogP contribution in [0.5, 0.6) is 0 Å². The quantitative estimate of drug-likeness (QED) is 0.384. The van der Waals surface area contributed by atoms with Gasteiger partial charge >= 0.3 is 0 Å². The van der Waals surface area contributed by atoms with E-state index in [4.69, 9.17) is 5.21 Å². The molecule has 1 amide bonds. The van der Waals surface area contributed by atoms with Gasteiger partial charge in [-0.25, -0.2) is 5.48 Å². The molecule has 0 heterocycles. The Balaban J connectivity index is 2.20. The van der Waals surface area contributed by atoms with Gasteiger partial charge in [0.2, 0.25) is 5.91 Å². The van der Waals surface area contributed by atoms with Gasteiger partial charge in [0.25, 0.3) is 0 Å². The van der Waals surface area contributed by atoms with Gasteiger partial charge in [-0.2, -0.15) is 0 Å². The van der Waals surface area contributed by atoms with E-state index in [0.717, 1.165) is 17.7 Å². The molecule has 2 rings (SSSR count). The van der Waals surface area contributed by atoms with Crippen LogP contribution in [0, 0.1) is 5.92 Å². The molecule has 0 saturated carbocycles. The van der Waals surface area contributed by atoms with Crippen molar-refractivity contribution in [1.29, 1.82) is 0 Å². The maximum absolute atomic E-state index is 11.3. The second kappa shape index (κ2) is 4.24. The maximum atomic E-state index is 11.3. The van der Waals surface area contributed by atoms with Crippen LogP contribution >= 0.6 is 12.6 Å². The first-order valence-corrected chi connectivity index (χ1v) is 5.40. The number of nitrogens with one attached hydrogen (secondary N) is 1. The minimum Gasteiger partial charge on any atom is -0.289 e. The van der Waals surface area contributed by atoms with Crippen LogP contribution in [0.3, 0.4) is 0 Å². The zero-order chi connectivity index (χ0) is 10.8. The monoisotopic (exact) mass is 223 g/mol. The molecule has 0 spiro atoms. The Hall–Kier alpha value is -1.00. The van der Waals surface area contributed by atoms with Gasteiger partial charge in [-0.15, -0.1) is 12.6 Å². The van der Waals surface area contributed by atoms with Crippen LogP contribution in [0.15, 0.2) is 23.1 Å². The van der Waals surface area contributed by atoms with Crippen molar-refractivity contribution in [2.45, 2.75) is 24.2 Å². The fourth-order valence-electron chi connectivity index (χ4n) is 2.06. The van der Waals surface area contributed by atoms with Crippen LogP contribution in [-0.4, -0.2) is 11.1 Å². The lowest BCUT2D eigenvalue weighted by molar-refractivity contribution is -0.133. The highest BCUT2D eigenvalue weighted by Crippen LogP contribution is 2.27. The van der Waals surface area contributed by atoms with Gasteiger partial charge < -0.3 is 0 Å². The maximum Gasteiger partial charge on any atom is 0.246 e. The van der Waals surface area contributed by atoms with Gasteiger partial charge in [-0.05, 0) is 42.5 Å². The number of hydrogen-bond acceptors (Lipinski definition) is 3. The zero-order valence-electron chi connectivity index (χ0n) is 8.23. The summed E-state index contributed by atoms with van der Waals surface area (Å²) < 4.78 is 0. The molecule has 0 aliphatic heterocycles. The largest absolute Gasteiger partial charge is 0.289 e. The number of hydrogen-bond donors (Lipinski definition) is 3. The summed E-state index contributed by atoms with van der Waals surface area (Å²) in [7, 11) is 0. The van der Waals surface area contributed by atoms with Crippen molar-refractivity contribution in [1.82, 2.24) is 5.48 Å². The van der Waals surface area contributed by atoms with Crippen LogP contribution < -0.4 is 5.48 Å². The predicted molar refractivity (Wildman–Crippen MR) is 59.1 cm³/mol. The Bertz CT molecular complexity index is 392. The lowest BCUT2D eigenvalue weighted by Crippen LogP contribution is -2.31. The molecule has 4 heteroatoms. The number of thiol groups is 1. The lowest BCUT2D eigenvalue weighted by atomic mass is 9.83. The van der Waals surface area contributed by atoms with E-state index in [1.165, 1.54) is 11.1 Å². The van der Waals surface area contributed by atoms with Crippen molar-refractivity contribution in [3.63, 3.8) is 0 Å². The zero-order valence-corrected chi connectivity index (χ0v) is 9.13. The first-order valence-electron chi connectivity index (χ1n) is 4.95. The molecule has 1 aliphatic rings. The van der Waals surface area contributed by atoms with Crippen LogP contribution in [0.2, 0.25) is 0 Å². The molecule has 1 unspecified atom stereocenters. The Morgan fingerprint density at radius 1 is 1.47 bits per heavy atom. The molecule has 1 aromatic carbocycles. The number of fused-ring (bicyclic) bond motifs is 1. The highest BCUT2D eigenvalue weighted by atomic mass is 32.1. The highest BCUT2D eigenvalue weighted by Gasteiger charge is 2.24. The van der Waals surface area contributed by atoms with Crippen LogP contribution in [0.4, 0.5) is 0 Å². The summed E-state index contributed by atoms with van der Waals surface area (Å²) in [5.41, 5.74) is 4.18. The number of rotatable bonds is 1. The number of benzene rings is 1. The van der Waals surface area contributed by atoms with Gasteiger partial charge in [0.1, 0.15) is 0 Å². The van der Waals surface area contributed by atoms with Crippen molar-refractivity contribution < 1.29 is 10.0 Å². The Labute approximate surface area is 93.9 Å². The third-order valence-corrected chi connectivity index (χ3v) is 3.18. The minimum atomic E-state index is -0.282. The molecule has 0 fully saturated rings. The van der Waals surface area contributed by atoms with Crippen molar-refractivity contribution in [3.8, 4) is 0 Å². The topological polar surface area (TPSA) is 49.3 Å². The molecule has 0 bridgehead atoms. The van der Waals surface area contributed by atoms with Crippen molar-refractivity contribution in [3.05, 3.63) is 29.3 Å². The number of hydroxylamine groups is 1. The molecule has 1 atom stereocenters. The van der Waals surface area contributed by atoms with E-state index in [1.807, 2.05) is 18.2 Å². The second-order valence-corrected chi connectivity index (χ2v) is 4.39. The van der Waals surface area contributed by atoms with Crippen molar-refractivity contribution >= 4 is 18.5 Å². The van der Waals surface area contributed by atoms with E-state index in [-0.39, 0.29) is 11.8 Å². The molecule has 0 radical (unpaired) electrons. The molecule has 15 heavy (non-hydrogen) atoms. The summed E-state index contributed by atoms with van der Waals surface area (Å²) in [5.74, 6) is -0.385. The smallest absolute Gasteiger partial charge is 0.246 e. The standard InChI is InChI=1S/C11H13NO2S/c13-11(12-14)9-2-1-8-6-10(15)4-3-7(8)5-9/h3-4,6,9,14-15H,1-2,5H2,(H,12,13). The van der Waals surface area contributed by atoms with Gasteiger partial charge in [0.05, 0.1) is 0 Å². The predicted octanol–water partition coefficient (Wildman–Crippen LogP) is 1.59. The molecule has 0 saturated heterocycles. The van der Waals surface area contributed by atoms with Gasteiger partial charge in [-0.1, -0.05) is 6.07 Å². The molecule has 1 aliphatic carbocycles. The molecule has 0 aromatic heterocycles. The highest BCUT2D eigenvalue weighted by molar-refractivity contribution is 7.80. The number of carbonyl (C=O) groups is 1. The van der Waals surface area contributed by atoms with E-state index >= 15 is 0 Å². The third kappa shape index (κ3) is 2.16. The third-order valence-electron chi connectivity index (χ3n) is 2.90. The van der Waals surface area contributed by atoms with Crippen LogP contribution in [0.25, 0.3) is 0 Å². The summed E-state index contributed by atoms with van der Waals surface area (Å²) >= 11 is 4.28.